The van der Waals surface area contributed by atoms with Crippen LogP contribution in [0.25, 0.3) is 0 Å². The van der Waals surface area contributed by atoms with Crippen molar-refractivity contribution in [3.05, 3.63) is 0 Å². The molecule has 16 heavy (non-hydrogen) atoms. The molecule has 2 fully saturated rings. The van der Waals surface area contributed by atoms with Crippen LogP contribution in [0, 0.1) is 0 Å². The second-order valence-electron chi connectivity index (χ2n) is 5.01. The average Bonchev–Trinajstić information content (AvgIpc) is 3.05. The maximum absolute atomic E-state index is 12.2. The summed E-state index contributed by atoms with van der Waals surface area (Å²) in [4.78, 5) is 14.2. The van der Waals surface area contributed by atoms with Gasteiger partial charge in [0.15, 0.2) is 0 Å². The van der Waals surface area contributed by atoms with Crippen LogP contribution in [0.2, 0.25) is 0 Å². The van der Waals surface area contributed by atoms with E-state index in [1.807, 2.05) is 16.7 Å². The highest BCUT2D eigenvalue weighted by Gasteiger charge is 2.56. The van der Waals surface area contributed by atoms with Crippen molar-refractivity contribution < 1.29 is 4.79 Å². The number of hydrogen-bond acceptors (Lipinski definition) is 3. The largest absolute Gasteiger partial charge is 0.327 e. The quantitative estimate of drug-likeness (QED) is 0.798. The number of carbonyl (C=O) groups excluding carboxylic acids is 1. The van der Waals surface area contributed by atoms with Crippen molar-refractivity contribution in [1.82, 2.24) is 10.2 Å². The lowest BCUT2D eigenvalue weighted by molar-refractivity contribution is -0.130. The minimum absolute atomic E-state index is 0.133. The third-order valence-corrected chi connectivity index (χ3v) is 5.83. The summed E-state index contributed by atoms with van der Waals surface area (Å²) in [6, 6.07) is 0. The Bertz CT molecular complexity index is 276. The van der Waals surface area contributed by atoms with Crippen LogP contribution in [0.1, 0.15) is 39.5 Å². The van der Waals surface area contributed by atoms with E-state index >= 15 is 0 Å². The molecule has 2 aliphatic rings. The van der Waals surface area contributed by atoms with Crippen LogP contribution in [0.5, 0.6) is 0 Å². The molecule has 0 unspecified atom stereocenters. The molecule has 0 atom stereocenters. The highest BCUT2D eigenvalue weighted by atomic mass is 32.2. The first-order chi connectivity index (χ1) is 7.61. The second kappa shape index (κ2) is 4.22. The Hall–Kier alpha value is -0.220. The molecule has 1 saturated heterocycles. The van der Waals surface area contributed by atoms with Crippen LogP contribution < -0.4 is 5.32 Å². The van der Waals surface area contributed by atoms with Gasteiger partial charge in [-0.1, -0.05) is 13.8 Å². The van der Waals surface area contributed by atoms with E-state index in [4.69, 9.17) is 0 Å². The molecule has 1 saturated carbocycles. The first kappa shape index (κ1) is 12.2. The number of carbonyl (C=O) groups is 1. The van der Waals surface area contributed by atoms with Crippen molar-refractivity contribution in [3.63, 3.8) is 0 Å². The van der Waals surface area contributed by atoms with Crippen LogP contribution in [0.15, 0.2) is 0 Å². The molecule has 1 amide bonds. The molecule has 1 heterocycles. The highest BCUT2D eigenvalue weighted by Crippen LogP contribution is 2.41. The minimum Gasteiger partial charge on any atom is -0.327 e. The molecule has 0 aromatic carbocycles. The Labute approximate surface area is 102 Å². The number of hydrogen-bond donors (Lipinski definition) is 1. The molecule has 1 aliphatic carbocycles. The first-order valence-corrected chi connectivity index (χ1v) is 7.43. The zero-order chi connectivity index (χ0) is 11.8. The van der Waals surface area contributed by atoms with Gasteiger partial charge in [0.25, 0.3) is 0 Å². The molecule has 0 bridgehead atoms. The molecular formula is C12H22N2OS. The summed E-state index contributed by atoms with van der Waals surface area (Å²) in [6.07, 6.45) is 6.48. The predicted octanol–water partition coefficient (Wildman–Crippen LogP) is 1.83. The fraction of sp³-hybridized carbons (Fsp3) is 0.917. The predicted molar refractivity (Wildman–Crippen MR) is 68.5 cm³/mol. The van der Waals surface area contributed by atoms with Crippen LogP contribution in [0.4, 0.5) is 0 Å². The van der Waals surface area contributed by atoms with Gasteiger partial charge < -0.3 is 4.90 Å². The van der Waals surface area contributed by atoms with Crippen molar-refractivity contribution in [2.24, 2.45) is 0 Å². The molecular weight excluding hydrogens is 220 g/mol. The SMILES string of the molecule is CCC(CC)(CN1CNC2(CC2)C1=O)SC. The molecule has 0 aromatic heterocycles. The van der Waals surface area contributed by atoms with E-state index in [-0.39, 0.29) is 10.3 Å². The number of rotatable bonds is 5. The first-order valence-electron chi connectivity index (χ1n) is 6.21. The maximum atomic E-state index is 12.2. The third kappa shape index (κ3) is 1.86. The van der Waals surface area contributed by atoms with Crippen LogP contribution in [0.3, 0.4) is 0 Å². The molecule has 4 heteroatoms. The molecule has 2 rings (SSSR count). The smallest absolute Gasteiger partial charge is 0.244 e. The van der Waals surface area contributed by atoms with Gasteiger partial charge in [-0.15, -0.1) is 0 Å². The summed E-state index contributed by atoms with van der Waals surface area (Å²) in [7, 11) is 0. The van der Waals surface area contributed by atoms with E-state index in [2.05, 4.69) is 25.4 Å². The van der Waals surface area contributed by atoms with Gasteiger partial charge in [0, 0.05) is 11.3 Å². The summed E-state index contributed by atoms with van der Waals surface area (Å²) in [6.45, 7) is 6.09. The molecule has 0 radical (unpaired) electrons. The Morgan fingerprint density at radius 2 is 2.06 bits per heavy atom. The van der Waals surface area contributed by atoms with Gasteiger partial charge in [-0.25, -0.2) is 0 Å². The van der Waals surface area contributed by atoms with Crippen molar-refractivity contribution in [2.45, 2.75) is 49.8 Å². The van der Waals surface area contributed by atoms with Gasteiger partial charge in [0.1, 0.15) is 0 Å². The van der Waals surface area contributed by atoms with E-state index in [0.29, 0.717) is 5.91 Å². The van der Waals surface area contributed by atoms with Crippen molar-refractivity contribution >= 4 is 17.7 Å². The lowest BCUT2D eigenvalue weighted by Gasteiger charge is -2.33. The standard InChI is InChI=1S/C12H22N2OS/c1-4-11(5-2,16-3)8-14-9-13-12(6-7-12)10(14)15/h13H,4-9H2,1-3H3. The van der Waals surface area contributed by atoms with Gasteiger partial charge >= 0.3 is 0 Å². The summed E-state index contributed by atoms with van der Waals surface area (Å²) in [5.74, 6) is 0.341. The number of nitrogens with one attached hydrogen (secondary N) is 1. The molecule has 1 spiro atoms. The van der Waals surface area contributed by atoms with Gasteiger partial charge in [-0.2, -0.15) is 11.8 Å². The average molecular weight is 242 g/mol. The summed E-state index contributed by atoms with van der Waals surface area (Å²) in [5, 5.41) is 3.37. The van der Waals surface area contributed by atoms with Crippen molar-refractivity contribution in [2.75, 3.05) is 19.5 Å². The van der Waals surface area contributed by atoms with Crippen LogP contribution >= 0.6 is 11.8 Å². The lowest BCUT2D eigenvalue weighted by Crippen LogP contribution is -2.42. The molecule has 0 aromatic rings. The van der Waals surface area contributed by atoms with Gasteiger partial charge in [-0.05, 0) is 31.9 Å². The molecule has 1 N–H and O–H groups in total. The van der Waals surface area contributed by atoms with E-state index in [9.17, 15) is 4.79 Å². The van der Waals surface area contributed by atoms with E-state index < -0.39 is 0 Å². The number of nitrogens with zero attached hydrogens (tertiary/aromatic N) is 1. The van der Waals surface area contributed by atoms with E-state index in [1.165, 1.54) is 0 Å². The Balaban J connectivity index is 2.01. The number of thioether (sulfide) groups is 1. The van der Waals surface area contributed by atoms with Gasteiger partial charge in [0.2, 0.25) is 5.91 Å². The van der Waals surface area contributed by atoms with Gasteiger partial charge in [0.05, 0.1) is 12.2 Å². The molecule has 1 aliphatic heterocycles. The Kier molecular flexibility index (Phi) is 3.23. The molecule has 3 nitrogen and oxygen atoms in total. The van der Waals surface area contributed by atoms with Crippen molar-refractivity contribution in [3.8, 4) is 0 Å². The topological polar surface area (TPSA) is 32.3 Å². The third-order valence-electron chi connectivity index (χ3n) is 4.26. The van der Waals surface area contributed by atoms with Gasteiger partial charge in [-0.3, -0.25) is 10.1 Å². The summed E-state index contributed by atoms with van der Waals surface area (Å²) >= 11 is 1.91. The Morgan fingerprint density at radius 3 is 2.44 bits per heavy atom. The summed E-state index contributed by atoms with van der Waals surface area (Å²) < 4.78 is 0.248. The lowest BCUT2D eigenvalue weighted by atomic mass is 10.0. The number of amides is 1. The van der Waals surface area contributed by atoms with E-state index in [1.54, 1.807) is 0 Å². The van der Waals surface area contributed by atoms with Crippen molar-refractivity contribution in [1.29, 1.82) is 0 Å². The fourth-order valence-electron chi connectivity index (χ4n) is 2.51. The highest BCUT2D eigenvalue weighted by molar-refractivity contribution is 8.00. The van der Waals surface area contributed by atoms with Crippen LogP contribution in [-0.2, 0) is 4.79 Å². The zero-order valence-corrected chi connectivity index (χ0v) is 11.3. The van der Waals surface area contributed by atoms with E-state index in [0.717, 1.165) is 38.9 Å². The summed E-state index contributed by atoms with van der Waals surface area (Å²) in [5.41, 5.74) is -0.133. The normalized spacial score (nSPS) is 23.2. The van der Waals surface area contributed by atoms with Crippen LogP contribution in [-0.4, -0.2) is 40.6 Å². The Morgan fingerprint density at radius 1 is 1.44 bits per heavy atom. The molecule has 92 valence electrons. The monoisotopic (exact) mass is 242 g/mol. The zero-order valence-electron chi connectivity index (χ0n) is 10.5. The minimum atomic E-state index is -0.133. The second-order valence-corrected chi connectivity index (χ2v) is 6.29. The maximum Gasteiger partial charge on any atom is 0.244 e. The fourth-order valence-corrected chi connectivity index (χ4v) is 3.38.